The van der Waals surface area contributed by atoms with E-state index in [4.69, 9.17) is 10.5 Å². The molecule has 1 rings (SSSR count). The number of rotatable bonds is 6. The first kappa shape index (κ1) is 10.0. The fourth-order valence-corrected chi connectivity index (χ4v) is 1.50. The summed E-state index contributed by atoms with van der Waals surface area (Å²) in [5.74, 6) is 0. The number of nitrogens with two attached hydrogens (primary N) is 1. The molecule has 1 aliphatic carbocycles. The summed E-state index contributed by atoms with van der Waals surface area (Å²) < 4.78 is 5.47. The van der Waals surface area contributed by atoms with Gasteiger partial charge in [-0.25, -0.2) is 0 Å². The molecule has 0 aromatic rings. The van der Waals surface area contributed by atoms with Gasteiger partial charge in [0.15, 0.2) is 0 Å². The van der Waals surface area contributed by atoms with E-state index >= 15 is 0 Å². The second-order valence-electron chi connectivity index (χ2n) is 3.93. The van der Waals surface area contributed by atoms with Gasteiger partial charge in [-0.2, -0.15) is 0 Å². The summed E-state index contributed by atoms with van der Waals surface area (Å²) in [5, 5.41) is 0. The monoisotopic (exact) mass is 171 g/mol. The third-order valence-corrected chi connectivity index (χ3v) is 2.74. The van der Waals surface area contributed by atoms with Crippen LogP contribution in [-0.4, -0.2) is 18.8 Å². The van der Waals surface area contributed by atoms with Crippen LogP contribution in [-0.2, 0) is 4.74 Å². The maximum Gasteiger partial charge on any atom is 0.0483 e. The van der Waals surface area contributed by atoms with Gasteiger partial charge in [0.2, 0.25) is 0 Å². The highest BCUT2D eigenvalue weighted by Gasteiger charge is 2.31. The molecule has 0 unspecified atom stereocenters. The van der Waals surface area contributed by atoms with Gasteiger partial charge >= 0.3 is 0 Å². The van der Waals surface area contributed by atoms with E-state index in [9.17, 15) is 0 Å². The molecule has 1 saturated carbocycles. The van der Waals surface area contributed by atoms with Gasteiger partial charge in [0.05, 0.1) is 0 Å². The van der Waals surface area contributed by atoms with Crippen LogP contribution in [0.25, 0.3) is 0 Å². The van der Waals surface area contributed by atoms with Crippen molar-refractivity contribution in [1.82, 2.24) is 0 Å². The first-order valence-corrected chi connectivity index (χ1v) is 5.13. The minimum Gasteiger partial charge on any atom is -0.381 e. The molecule has 0 amide bonds. The first-order chi connectivity index (χ1) is 5.77. The summed E-state index contributed by atoms with van der Waals surface area (Å²) in [7, 11) is 0. The highest BCUT2D eigenvalue weighted by atomic mass is 16.5. The topological polar surface area (TPSA) is 35.2 Å². The fraction of sp³-hybridized carbons (Fsp3) is 1.00. The SMILES string of the molecule is CCCCOCCC1(N)CCC1. The molecule has 0 atom stereocenters. The zero-order valence-electron chi connectivity index (χ0n) is 8.14. The Morgan fingerprint density at radius 2 is 2.08 bits per heavy atom. The lowest BCUT2D eigenvalue weighted by Crippen LogP contribution is -2.47. The van der Waals surface area contributed by atoms with Gasteiger partial charge in [-0.3, -0.25) is 0 Å². The molecular formula is C10H21NO. The molecule has 2 heteroatoms. The van der Waals surface area contributed by atoms with Gasteiger partial charge in [0, 0.05) is 18.8 Å². The van der Waals surface area contributed by atoms with E-state index in [0.717, 1.165) is 19.6 Å². The molecule has 0 spiro atoms. The van der Waals surface area contributed by atoms with Gasteiger partial charge in [0.25, 0.3) is 0 Å². The van der Waals surface area contributed by atoms with Crippen molar-refractivity contribution >= 4 is 0 Å². The summed E-state index contributed by atoms with van der Waals surface area (Å²) in [6.45, 7) is 3.95. The van der Waals surface area contributed by atoms with Gasteiger partial charge < -0.3 is 10.5 Å². The smallest absolute Gasteiger partial charge is 0.0483 e. The second-order valence-corrected chi connectivity index (χ2v) is 3.93. The Bertz CT molecular complexity index is 121. The third kappa shape index (κ3) is 3.11. The van der Waals surface area contributed by atoms with E-state index in [2.05, 4.69) is 6.92 Å². The van der Waals surface area contributed by atoms with E-state index in [1.807, 2.05) is 0 Å². The van der Waals surface area contributed by atoms with Gasteiger partial charge in [-0.15, -0.1) is 0 Å². The molecule has 12 heavy (non-hydrogen) atoms. The van der Waals surface area contributed by atoms with Crippen molar-refractivity contribution in [3.05, 3.63) is 0 Å². The van der Waals surface area contributed by atoms with Crippen molar-refractivity contribution in [2.24, 2.45) is 5.73 Å². The molecular weight excluding hydrogens is 150 g/mol. The maximum atomic E-state index is 6.04. The lowest BCUT2D eigenvalue weighted by Gasteiger charge is -2.38. The number of unbranched alkanes of at least 4 members (excludes halogenated alkanes) is 1. The van der Waals surface area contributed by atoms with Gasteiger partial charge in [-0.1, -0.05) is 13.3 Å². The van der Waals surface area contributed by atoms with Crippen molar-refractivity contribution in [3.8, 4) is 0 Å². The van der Waals surface area contributed by atoms with Crippen LogP contribution in [0.15, 0.2) is 0 Å². The Hall–Kier alpha value is -0.0800. The van der Waals surface area contributed by atoms with Crippen LogP contribution in [0.1, 0.15) is 45.4 Å². The zero-order chi connectivity index (χ0) is 8.86. The Labute approximate surface area is 75.5 Å². The summed E-state index contributed by atoms with van der Waals surface area (Å²) in [5.41, 5.74) is 6.18. The normalized spacial score (nSPS) is 20.5. The molecule has 2 nitrogen and oxygen atoms in total. The van der Waals surface area contributed by atoms with Crippen molar-refractivity contribution in [1.29, 1.82) is 0 Å². The van der Waals surface area contributed by atoms with Crippen molar-refractivity contribution in [2.75, 3.05) is 13.2 Å². The van der Waals surface area contributed by atoms with E-state index in [-0.39, 0.29) is 5.54 Å². The summed E-state index contributed by atoms with van der Waals surface area (Å²) in [4.78, 5) is 0. The Kier molecular flexibility index (Phi) is 4.02. The third-order valence-electron chi connectivity index (χ3n) is 2.74. The lowest BCUT2D eigenvalue weighted by atomic mass is 9.76. The first-order valence-electron chi connectivity index (χ1n) is 5.13. The molecule has 0 aromatic heterocycles. The van der Waals surface area contributed by atoms with E-state index < -0.39 is 0 Å². The summed E-state index contributed by atoms with van der Waals surface area (Å²) in [6, 6.07) is 0. The van der Waals surface area contributed by atoms with Crippen LogP contribution in [0, 0.1) is 0 Å². The van der Waals surface area contributed by atoms with Crippen LogP contribution < -0.4 is 5.73 Å². The van der Waals surface area contributed by atoms with E-state index in [1.54, 1.807) is 0 Å². The van der Waals surface area contributed by atoms with Gasteiger partial charge in [-0.05, 0) is 32.1 Å². The predicted molar refractivity (Wildman–Crippen MR) is 51.1 cm³/mol. The average Bonchev–Trinajstić information content (AvgIpc) is 2.01. The molecule has 0 radical (unpaired) electrons. The minimum absolute atomic E-state index is 0.145. The molecule has 1 aliphatic rings. The summed E-state index contributed by atoms with van der Waals surface area (Å²) >= 11 is 0. The number of hydrogen-bond acceptors (Lipinski definition) is 2. The van der Waals surface area contributed by atoms with Crippen LogP contribution in [0.5, 0.6) is 0 Å². The van der Waals surface area contributed by atoms with Crippen LogP contribution in [0.2, 0.25) is 0 Å². The predicted octanol–water partition coefficient (Wildman–Crippen LogP) is 2.07. The fourth-order valence-electron chi connectivity index (χ4n) is 1.50. The highest BCUT2D eigenvalue weighted by Crippen LogP contribution is 2.31. The van der Waals surface area contributed by atoms with Crippen LogP contribution in [0.4, 0.5) is 0 Å². The van der Waals surface area contributed by atoms with E-state index in [0.29, 0.717) is 0 Å². The van der Waals surface area contributed by atoms with Crippen LogP contribution in [0.3, 0.4) is 0 Å². The number of hydrogen-bond donors (Lipinski definition) is 1. The van der Waals surface area contributed by atoms with Gasteiger partial charge in [0.1, 0.15) is 0 Å². The Morgan fingerprint density at radius 3 is 2.58 bits per heavy atom. The minimum atomic E-state index is 0.145. The van der Waals surface area contributed by atoms with Crippen LogP contribution >= 0.6 is 0 Å². The standard InChI is InChI=1S/C10H21NO/c1-2-3-8-12-9-7-10(11)5-4-6-10/h2-9,11H2,1H3. The Balaban J connectivity index is 1.88. The molecule has 0 bridgehead atoms. The summed E-state index contributed by atoms with van der Waals surface area (Å²) in [6.07, 6.45) is 7.15. The van der Waals surface area contributed by atoms with Crippen molar-refractivity contribution < 1.29 is 4.74 Å². The number of ether oxygens (including phenoxy) is 1. The average molecular weight is 171 g/mol. The molecule has 1 fully saturated rings. The molecule has 0 aliphatic heterocycles. The molecule has 0 saturated heterocycles. The van der Waals surface area contributed by atoms with Crippen molar-refractivity contribution in [2.45, 2.75) is 51.0 Å². The zero-order valence-corrected chi connectivity index (χ0v) is 8.14. The lowest BCUT2D eigenvalue weighted by molar-refractivity contribution is 0.0927. The molecule has 72 valence electrons. The van der Waals surface area contributed by atoms with E-state index in [1.165, 1.54) is 32.1 Å². The second kappa shape index (κ2) is 4.83. The quantitative estimate of drug-likeness (QED) is 0.621. The highest BCUT2D eigenvalue weighted by molar-refractivity contribution is 4.91. The molecule has 2 N–H and O–H groups in total. The largest absolute Gasteiger partial charge is 0.381 e. The molecule has 0 aromatic carbocycles. The van der Waals surface area contributed by atoms with Crippen molar-refractivity contribution in [3.63, 3.8) is 0 Å². The molecule has 0 heterocycles. The maximum absolute atomic E-state index is 6.04. The Morgan fingerprint density at radius 1 is 1.33 bits per heavy atom.